The summed E-state index contributed by atoms with van der Waals surface area (Å²) < 4.78 is 5.42. The number of para-hydroxylation sites is 1. The van der Waals surface area contributed by atoms with Gasteiger partial charge in [0, 0.05) is 41.5 Å². The highest BCUT2D eigenvalue weighted by atomic mass is 32.2. The van der Waals surface area contributed by atoms with Crippen LogP contribution in [0.5, 0.6) is 0 Å². The molecule has 1 aliphatic heterocycles. The van der Waals surface area contributed by atoms with E-state index in [1.807, 2.05) is 53.6 Å². The van der Waals surface area contributed by atoms with Gasteiger partial charge in [-0.2, -0.15) is 0 Å². The molecule has 1 amide bonds. The van der Waals surface area contributed by atoms with Crippen LogP contribution in [0.4, 0.5) is 0 Å². The number of carbonyl (C=O) groups is 1. The number of benzene rings is 2. The standard InChI is InChI=1S/C22H25N3O2S/c1-24(15-20-19-8-3-4-9-21(19)27-23-20)17-10-12-25(13-11-17)22(26)16-6-5-7-18(14-16)28-2/h3-9,14,17H,10-13,15H2,1-2H3. The molecule has 1 fully saturated rings. The van der Waals surface area contributed by atoms with Crippen LogP contribution in [0.3, 0.4) is 0 Å². The van der Waals surface area contributed by atoms with Crippen LogP contribution >= 0.6 is 11.8 Å². The topological polar surface area (TPSA) is 49.6 Å². The summed E-state index contributed by atoms with van der Waals surface area (Å²) in [7, 11) is 2.13. The fourth-order valence-electron chi connectivity index (χ4n) is 3.87. The van der Waals surface area contributed by atoms with Gasteiger partial charge in [0.05, 0.1) is 0 Å². The molecule has 1 saturated heterocycles. The molecule has 28 heavy (non-hydrogen) atoms. The van der Waals surface area contributed by atoms with Crippen molar-refractivity contribution >= 4 is 28.6 Å². The second-order valence-electron chi connectivity index (χ2n) is 7.30. The number of hydrogen-bond donors (Lipinski definition) is 0. The minimum atomic E-state index is 0.138. The number of nitrogens with zero attached hydrogens (tertiary/aromatic N) is 3. The lowest BCUT2D eigenvalue weighted by Gasteiger charge is -2.36. The molecule has 146 valence electrons. The monoisotopic (exact) mass is 395 g/mol. The molecule has 0 saturated carbocycles. The van der Waals surface area contributed by atoms with Crippen LogP contribution in [0.1, 0.15) is 28.9 Å². The van der Waals surface area contributed by atoms with Gasteiger partial charge in [0.1, 0.15) is 5.69 Å². The SMILES string of the molecule is CSc1cccc(C(=O)N2CCC(N(C)Cc3noc4ccccc34)CC2)c1. The van der Waals surface area contributed by atoms with Gasteiger partial charge in [-0.1, -0.05) is 23.4 Å². The average Bonchev–Trinajstić information content (AvgIpc) is 3.16. The summed E-state index contributed by atoms with van der Waals surface area (Å²) in [5.41, 5.74) is 2.59. The van der Waals surface area contributed by atoms with Crippen molar-refractivity contribution in [2.24, 2.45) is 0 Å². The maximum Gasteiger partial charge on any atom is 0.253 e. The lowest BCUT2D eigenvalue weighted by atomic mass is 10.0. The molecule has 2 aromatic carbocycles. The van der Waals surface area contributed by atoms with Crippen LogP contribution in [0.2, 0.25) is 0 Å². The molecule has 1 aromatic heterocycles. The fourth-order valence-corrected chi connectivity index (χ4v) is 4.33. The smallest absolute Gasteiger partial charge is 0.253 e. The van der Waals surface area contributed by atoms with Crippen molar-refractivity contribution in [1.82, 2.24) is 15.0 Å². The maximum absolute atomic E-state index is 12.8. The lowest BCUT2D eigenvalue weighted by Crippen LogP contribution is -2.45. The van der Waals surface area contributed by atoms with E-state index in [1.165, 1.54) is 0 Å². The summed E-state index contributed by atoms with van der Waals surface area (Å²) in [4.78, 5) is 18.3. The van der Waals surface area contributed by atoms with E-state index in [1.54, 1.807) is 11.8 Å². The third-order valence-corrected chi connectivity index (χ3v) is 6.27. The highest BCUT2D eigenvalue weighted by molar-refractivity contribution is 7.98. The summed E-state index contributed by atoms with van der Waals surface area (Å²) in [5.74, 6) is 0.138. The van der Waals surface area contributed by atoms with Crippen molar-refractivity contribution in [3.05, 3.63) is 59.8 Å². The summed E-state index contributed by atoms with van der Waals surface area (Å²) in [6, 6.07) is 16.3. The van der Waals surface area contributed by atoms with Gasteiger partial charge in [-0.25, -0.2) is 0 Å². The third kappa shape index (κ3) is 3.93. The Morgan fingerprint density at radius 3 is 2.79 bits per heavy atom. The van der Waals surface area contributed by atoms with Crippen LogP contribution in [-0.4, -0.2) is 53.3 Å². The molecule has 1 aliphatic rings. The summed E-state index contributed by atoms with van der Waals surface area (Å²) >= 11 is 1.66. The summed E-state index contributed by atoms with van der Waals surface area (Å²) in [5, 5.41) is 5.33. The summed E-state index contributed by atoms with van der Waals surface area (Å²) in [6.07, 6.45) is 3.98. The second-order valence-corrected chi connectivity index (χ2v) is 8.18. The van der Waals surface area contributed by atoms with Crippen LogP contribution in [0.25, 0.3) is 11.0 Å². The van der Waals surface area contributed by atoms with Gasteiger partial charge in [-0.3, -0.25) is 9.69 Å². The fraction of sp³-hybridized carbons (Fsp3) is 0.364. The van der Waals surface area contributed by atoms with Crippen LogP contribution < -0.4 is 0 Å². The molecule has 4 rings (SSSR count). The van der Waals surface area contributed by atoms with Crippen LogP contribution in [-0.2, 0) is 6.54 Å². The van der Waals surface area contributed by atoms with Crippen molar-refractivity contribution in [1.29, 1.82) is 0 Å². The highest BCUT2D eigenvalue weighted by Gasteiger charge is 2.26. The molecule has 0 N–H and O–H groups in total. The molecule has 2 heterocycles. The Morgan fingerprint density at radius 2 is 2.00 bits per heavy atom. The molecule has 6 heteroatoms. The second kappa shape index (κ2) is 8.37. The molecular formula is C22H25N3O2S. The Morgan fingerprint density at radius 1 is 1.21 bits per heavy atom. The van der Waals surface area contributed by atoms with Gasteiger partial charge in [-0.05, 0) is 56.5 Å². The average molecular weight is 396 g/mol. The van der Waals surface area contributed by atoms with Crippen molar-refractivity contribution in [2.45, 2.75) is 30.3 Å². The Bertz CT molecular complexity index is 963. The number of piperidine rings is 1. The Balaban J connectivity index is 1.36. The Labute approximate surface area is 169 Å². The molecule has 5 nitrogen and oxygen atoms in total. The molecule has 0 unspecified atom stereocenters. The zero-order valence-corrected chi connectivity index (χ0v) is 17.1. The first-order valence-electron chi connectivity index (χ1n) is 9.62. The minimum absolute atomic E-state index is 0.138. The van der Waals surface area contributed by atoms with E-state index in [2.05, 4.69) is 23.2 Å². The van der Waals surface area contributed by atoms with E-state index in [-0.39, 0.29) is 5.91 Å². The summed E-state index contributed by atoms with van der Waals surface area (Å²) in [6.45, 7) is 2.33. The van der Waals surface area contributed by atoms with E-state index < -0.39 is 0 Å². The third-order valence-electron chi connectivity index (χ3n) is 5.54. The van der Waals surface area contributed by atoms with Crippen molar-refractivity contribution < 1.29 is 9.32 Å². The molecule has 0 aliphatic carbocycles. The first kappa shape index (κ1) is 19.0. The number of carbonyl (C=O) groups excluding carboxylic acids is 1. The van der Waals surface area contributed by atoms with E-state index in [0.717, 1.165) is 59.6 Å². The van der Waals surface area contributed by atoms with Gasteiger partial charge in [-0.15, -0.1) is 11.8 Å². The van der Waals surface area contributed by atoms with Gasteiger partial charge >= 0.3 is 0 Å². The van der Waals surface area contributed by atoms with E-state index >= 15 is 0 Å². The minimum Gasteiger partial charge on any atom is -0.356 e. The first-order valence-corrected chi connectivity index (χ1v) is 10.8. The molecule has 0 bridgehead atoms. The zero-order valence-electron chi connectivity index (χ0n) is 16.3. The number of aromatic nitrogens is 1. The van der Waals surface area contributed by atoms with Gasteiger partial charge < -0.3 is 9.42 Å². The number of amides is 1. The number of fused-ring (bicyclic) bond motifs is 1. The van der Waals surface area contributed by atoms with Crippen molar-refractivity contribution in [3.8, 4) is 0 Å². The van der Waals surface area contributed by atoms with E-state index in [0.29, 0.717) is 6.04 Å². The normalized spacial score (nSPS) is 15.5. The van der Waals surface area contributed by atoms with E-state index in [9.17, 15) is 4.79 Å². The number of thioether (sulfide) groups is 1. The zero-order chi connectivity index (χ0) is 19.5. The largest absolute Gasteiger partial charge is 0.356 e. The Hall–Kier alpha value is -2.31. The quantitative estimate of drug-likeness (QED) is 0.603. The molecule has 0 atom stereocenters. The van der Waals surface area contributed by atoms with Crippen LogP contribution in [0.15, 0.2) is 57.9 Å². The van der Waals surface area contributed by atoms with Crippen LogP contribution in [0, 0.1) is 0 Å². The molecule has 0 radical (unpaired) electrons. The van der Waals surface area contributed by atoms with Gasteiger partial charge in [0.15, 0.2) is 5.58 Å². The van der Waals surface area contributed by atoms with Gasteiger partial charge in [0.25, 0.3) is 5.91 Å². The maximum atomic E-state index is 12.8. The van der Waals surface area contributed by atoms with Crippen molar-refractivity contribution in [2.75, 3.05) is 26.4 Å². The molecule has 3 aromatic rings. The van der Waals surface area contributed by atoms with Gasteiger partial charge in [0.2, 0.25) is 0 Å². The number of hydrogen-bond acceptors (Lipinski definition) is 5. The number of rotatable bonds is 5. The predicted molar refractivity (Wildman–Crippen MR) is 113 cm³/mol. The first-order chi connectivity index (χ1) is 13.7. The highest BCUT2D eigenvalue weighted by Crippen LogP contribution is 2.23. The Kier molecular flexibility index (Phi) is 5.69. The van der Waals surface area contributed by atoms with E-state index in [4.69, 9.17) is 4.52 Å². The molecular weight excluding hydrogens is 370 g/mol. The predicted octanol–water partition coefficient (Wildman–Crippen LogP) is 4.29. The number of likely N-dealkylation sites (tertiary alicyclic amines) is 1. The molecule has 0 spiro atoms. The van der Waals surface area contributed by atoms with Crippen molar-refractivity contribution in [3.63, 3.8) is 0 Å². The lowest BCUT2D eigenvalue weighted by molar-refractivity contribution is 0.0638.